The van der Waals surface area contributed by atoms with E-state index in [9.17, 15) is 17.6 Å². The normalized spacial score (nSPS) is 9.60. The molecule has 0 saturated heterocycles. The van der Waals surface area contributed by atoms with E-state index in [2.05, 4.69) is 0 Å². The van der Waals surface area contributed by atoms with Crippen molar-refractivity contribution in [1.82, 2.24) is 0 Å². The van der Waals surface area contributed by atoms with E-state index >= 15 is 0 Å². The van der Waals surface area contributed by atoms with E-state index in [1.54, 1.807) is 0 Å². The zero-order valence-corrected chi connectivity index (χ0v) is 4.67. The van der Waals surface area contributed by atoms with E-state index in [4.69, 9.17) is 0 Å². The van der Waals surface area contributed by atoms with Crippen molar-refractivity contribution < 1.29 is 17.6 Å². The molecular formula is C5HBF4. The number of hydrogen-bond donors (Lipinski definition) is 0. The Bertz CT molecular complexity index is 233. The fourth-order valence-corrected chi connectivity index (χ4v) is 0.502. The van der Waals surface area contributed by atoms with Crippen LogP contribution in [0.5, 0.6) is 0 Å². The molecule has 0 N–H and O–H groups in total. The summed E-state index contributed by atoms with van der Waals surface area (Å²) in [7, 11) is 0. The molecule has 0 fully saturated rings. The molecule has 0 saturated carbocycles. The van der Waals surface area contributed by atoms with Gasteiger partial charge in [-0.05, 0) is 0 Å². The van der Waals surface area contributed by atoms with Crippen molar-refractivity contribution >= 4 is 6.91 Å². The van der Waals surface area contributed by atoms with Crippen molar-refractivity contribution in [2.24, 2.45) is 0 Å². The van der Waals surface area contributed by atoms with Crippen molar-refractivity contribution in [2.45, 2.75) is 0 Å². The topological polar surface area (TPSA) is 0 Å². The van der Waals surface area contributed by atoms with Crippen molar-refractivity contribution in [2.75, 3.05) is 0 Å². The minimum atomic E-state index is -1.78. The molecule has 1 aromatic heterocycles. The van der Waals surface area contributed by atoms with Crippen molar-refractivity contribution in [3.8, 4) is 0 Å². The van der Waals surface area contributed by atoms with E-state index in [1.165, 1.54) is 0 Å². The maximum atomic E-state index is 12.0. The molecule has 52 valence electrons. The van der Waals surface area contributed by atoms with Gasteiger partial charge in [0.05, 0.1) is 0 Å². The van der Waals surface area contributed by atoms with Gasteiger partial charge in [-0.15, -0.1) is 0 Å². The van der Waals surface area contributed by atoms with Crippen molar-refractivity contribution in [1.29, 1.82) is 0 Å². The summed E-state index contributed by atoms with van der Waals surface area (Å²) in [6.45, 7) is 0.522. The molecule has 1 rings (SSSR count). The Morgan fingerprint density at radius 1 is 1.00 bits per heavy atom. The predicted octanol–water partition coefficient (Wildman–Crippen LogP) is 1.58. The second-order valence-corrected chi connectivity index (χ2v) is 1.66. The molecular weight excluding hydrogens is 147 g/mol. The van der Waals surface area contributed by atoms with Crippen LogP contribution in [-0.2, 0) is 0 Å². The zero-order chi connectivity index (χ0) is 7.72. The quantitative estimate of drug-likeness (QED) is 0.490. The first-order valence-electron chi connectivity index (χ1n) is 2.42. The molecule has 0 aliphatic rings. The van der Waals surface area contributed by atoms with Crippen LogP contribution in [0.25, 0.3) is 0 Å². The summed E-state index contributed by atoms with van der Waals surface area (Å²) in [5.41, 5.74) is -1.39. The molecule has 0 aliphatic heterocycles. The predicted molar refractivity (Wildman–Crippen MR) is 27.6 cm³/mol. The van der Waals surface area contributed by atoms with E-state index in [1.807, 2.05) is 0 Å². The first kappa shape index (κ1) is 7.24. The summed E-state index contributed by atoms with van der Waals surface area (Å²) in [5.74, 6) is -4.42. The monoisotopic (exact) mass is 148 g/mol. The first-order valence-corrected chi connectivity index (χ1v) is 2.42. The molecule has 1 aromatic rings. The summed E-state index contributed by atoms with van der Waals surface area (Å²) < 4.78 is 48.0. The average Bonchev–Trinajstić information content (AvgIpc) is 1.93. The fraction of sp³-hybridized carbons (Fsp3) is 0. The number of halogens is 4. The summed E-state index contributed by atoms with van der Waals surface area (Å²) >= 11 is 0. The molecule has 1 heterocycles. The third kappa shape index (κ3) is 1.03. The molecule has 0 unspecified atom stereocenters. The summed E-state index contributed by atoms with van der Waals surface area (Å²) in [5, 5.41) is 0. The van der Waals surface area contributed by atoms with Crippen LogP contribution < -0.4 is 0 Å². The van der Waals surface area contributed by atoms with Crippen molar-refractivity contribution in [3.05, 3.63) is 29.1 Å². The van der Waals surface area contributed by atoms with Crippen LogP contribution in [-0.4, -0.2) is 6.91 Å². The molecule has 5 heteroatoms. The maximum absolute atomic E-state index is 12.0. The van der Waals surface area contributed by atoms with E-state index in [0.29, 0.717) is 12.9 Å². The molecule has 10 heavy (non-hydrogen) atoms. The Morgan fingerprint density at radius 3 is 2.10 bits per heavy atom. The van der Waals surface area contributed by atoms with Gasteiger partial charge in [0.15, 0.2) is 0 Å². The van der Waals surface area contributed by atoms with Gasteiger partial charge in [0, 0.05) is 0 Å². The number of rotatable bonds is 0. The van der Waals surface area contributed by atoms with Gasteiger partial charge < -0.3 is 0 Å². The summed E-state index contributed by atoms with van der Waals surface area (Å²) in [4.78, 5) is 0. The zero-order valence-electron chi connectivity index (χ0n) is 4.67. The van der Waals surface area contributed by atoms with Gasteiger partial charge in [-0.2, -0.15) is 0 Å². The van der Waals surface area contributed by atoms with Crippen LogP contribution >= 0.6 is 0 Å². The Hall–Kier alpha value is -0.865. The second-order valence-electron chi connectivity index (χ2n) is 1.66. The summed E-state index contributed by atoms with van der Waals surface area (Å²) in [6.07, 6.45) is 0. The van der Waals surface area contributed by atoms with Crippen LogP contribution in [0.4, 0.5) is 17.6 Å². The van der Waals surface area contributed by atoms with E-state index in [-0.39, 0.29) is 0 Å². The van der Waals surface area contributed by atoms with Crippen LogP contribution in [0.2, 0.25) is 0 Å². The van der Waals surface area contributed by atoms with Crippen molar-refractivity contribution in [3.63, 3.8) is 0 Å². The molecule has 0 nitrogen and oxygen atoms in total. The Balaban J connectivity index is 3.34. The molecule has 0 aliphatic carbocycles. The van der Waals surface area contributed by atoms with Gasteiger partial charge in [0.25, 0.3) is 0 Å². The van der Waals surface area contributed by atoms with Gasteiger partial charge in [-0.1, -0.05) is 0 Å². The third-order valence-corrected chi connectivity index (χ3v) is 0.988. The molecule has 0 bridgehead atoms. The minimum absolute atomic E-state index is 0.522. The second kappa shape index (κ2) is 2.40. The van der Waals surface area contributed by atoms with Gasteiger partial charge in [-0.25, -0.2) is 0 Å². The Labute approximate surface area is 54.7 Å². The van der Waals surface area contributed by atoms with Crippen LogP contribution in [0.1, 0.15) is 0 Å². The Kier molecular flexibility index (Phi) is 1.74. The molecule has 0 atom stereocenters. The SMILES string of the molecule is Fc1bcc(F)c(F)c1F. The van der Waals surface area contributed by atoms with Crippen LogP contribution in [0, 0.1) is 23.2 Å². The average molecular weight is 148 g/mol. The Morgan fingerprint density at radius 2 is 1.60 bits per heavy atom. The van der Waals surface area contributed by atoms with Gasteiger partial charge in [-0.3, -0.25) is 0 Å². The third-order valence-electron chi connectivity index (χ3n) is 0.988. The molecule has 0 amide bonds. The van der Waals surface area contributed by atoms with Crippen LogP contribution in [0.3, 0.4) is 0 Å². The molecule has 0 aromatic carbocycles. The van der Waals surface area contributed by atoms with E-state index in [0.717, 1.165) is 0 Å². The number of hydrogen-bond acceptors (Lipinski definition) is 0. The van der Waals surface area contributed by atoms with Gasteiger partial charge in [0.2, 0.25) is 0 Å². The van der Waals surface area contributed by atoms with E-state index < -0.39 is 23.2 Å². The first-order chi connectivity index (χ1) is 4.63. The standard InChI is InChI=1S/C5HBF4/c7-2-1-6-5(10)4(9)3(2)8/h1H. The van der Waals surface area contributed by atoms with Crippen LogP contribution in [0.15, 0.2) is 5.96 Å². The fourth-order valence-electron chi connectivity index (χ4n) is 0.502. The van der Waals surface area contributed by atoms with Gasteiger partial charge in [0.1, 0.15) is 0 Å². The molecule has 0 radical (unpaired) electrons. The van der Waals surface area contributed by atoms with Gasteiger partial charge >= 0.3 is 53.6 Å². The molecule has 0 spiro atoms. The summed E-state index contributed by atoms with van der Waals surface area (Å²) in [6, 6.07) is 0.